The predicted octanol–water partition coefficient (Wildman–Crippen LogP) is 3.11. The Bertz CT molecular complexity index is 1190. The fraction of sp³-hybridized carbons (Fsp3) is 0.227. The van der Waals surface area contributed by atoms with E-state index in [4.69, 9.17) is 4.18 Å². The fourth-order valence-corrected chi connectivity index (χ4v) is 5.21. The van der Waals surface area contributed by atoms with Gasteiger partial charge in [-0.15, -0.1) is 0 Å². The molecule has 0 N–H and O–H groups in total. The van der Waals surface area contributed by atoms with Gasteiger partial charge in [0.2, 0.25) is 5.91 Å². The Morgan fingerprint density at radius 3 is 2.38 bits per heavy atom. The van der Waals surface area contributed by atoms with Crippen molar-refractivity contribution in [3.8, 4) is 5.75 Å². The molecule has 2 aromatic rings. The first-order valence-corrected chi connectivity index (χ1v) is 12.2. The number of hydrogen-bond acceptors (Lipinski definition) is 7. The lowest BCUT2D eigenvalue weighted by molar-refractivity contribution is -0.135. The largest absolute Gasteiger partial charge is 0.378 e. The summed E-state index contributed by atoms with van der Waals surface area (Å²) >= 11 is 0.707. The molecule has 4 rings (SSSR count). The lowest BCUT2D eigenvalue weighted by Crippen LogP contribution is -2.40. The molecular weight excluding hydrogens is 452 g/mol. The van der Waals surface area contributed by atoms with Gasteiger partial charge in [0.25, 0.3) is 11.1 Å². The van der Waals surface area contributed by atoms with E-state index in [-0.39, 0.29) is 28.0 Å². The van der Waals surface area contributed by atoms with Gasteiger partial charge in [-0.2, -0.15) is 8.42 Å². The Kier molecular flexibility index (Phi) is 6.33. The summed E-state index contributed by atoms with van der Waals surface area (Å²) in [7, 11) is -4.08. The van der Waals surface area contributed by atoms with Crippen LogP contribution >= 0.6 is 11.8 Å². The second-order valence-corrected chi connectivity index (χ2v) is 9.78. The van der Waals surface area contributed by atoms with Crippen molar-refractivity contribution in [3.05, 3.63) is 65.1 Å². The van der Waals surface area contributed by atoms with E-state index in [2.05, 4.69) is 0 Å². The van der Waals surface area contributed by atoms with E-state index in [1.807, 2.05) is 0 Å². The third-order valence-corrected chi connectivity index (χ3v) is 7.22. The van der Waals surface area contributed by atoms with Gasteiger partial charge in [-0.3, -0.25) is 19.3 Å². The van der Waals surface area contributed by atoms with Gasteiger partial charge in [0, 0.05) is 18.7 Å². The molecule has 0 bridgehead atoms. The molecule has 2 heterocycles. The van der Waals surface area contributed by atoms with Crippen LogP contribution in [0.2, 0.25) is 0 Å². The summed E-state index contributed by atoms with van der Waals surface area (Å²) < 4.78 is 30.5. The maximum absolute atomic E-state index is 12.8. The van der Waals surface area contributed by atoms with Crippen LogP contribution in [0.15, 0.2) is 64.4 Å². The standard InChI is InChI=1S/C22H20N2O6S2/c25-20(23-12-6-7-13-23)15-24-21(26)19(31-22(24)27)14-16-8-4-5-11-18(16)30-32(28,29)17-9-2-1-3-10-17/h1-5,8-11,14H,6-7,12-13,15H2/b19-14-. The molecule has 0 aliphatic carbocycles. The molecule has 0 saturated carbocycles. The van der Waals surface area contributed by atoms with Gasteiger partial charge >= 0.3 is 10.1 Å². The Labute approximate surface area is 190 Å². The van der Waals surface area contributed by atoms with Crippen molar-refractivity contribution in [1.29, 1.82) is 0 Å². The zero-order valence-corrected chi connectivity index (χ0v) is 18.6. The van der Waals surface area contributed by atoms with E-state index >= 15 is 0 Å². The summed E-state index contributed by atoms with van der Waals surface area (Å²) in [5.41, 5.74) is 0.323. The summed E-state index contributed by atoms with van der Waals surface area (Å²) in [4.78, 5) is 40.2. The zero-order chi connectivity index (χ0) is 22.7. The summed E-state index contributed by atoms with van der Waals surface area (Å²) in [6.45, 7) is 0.958. The average Bonchev–Trinajstić information content (AvgIpc) is 3.41. The van der Waals surface area contributed by atoms with Crippen LogP contribution < -0.4 is 4.18 Å². The molecule has 2 aliphatic heterocycles. The smallest absolute Gasteiger partial charge is 0.339 e. The van der Waals surface area contributed by atoms with Crippen molar-refractivity contribution in [2.45, 2.75) is 17.7 Å². The van der Waals surface area contributed by atoms with Gasteiger partial charge in [0.15, 0.2) is 0 Å². The molecule has 10 heteroatoms. The molecule has 3 amide bonds. The van der Waals surface area contributed by atoms with E-state index in [1.165, 1.54) is 24.3 Å². The second kappa shape index (κ2) is 9.17. The van der Waals surface area contributed by atoms with Crippen molar-refractivity contribution in [1.82, 2.24) is 9.80 Å². The normalized spacial score (nSPS) is 17.9. The number of carbonyl (C=O) groups excluding carboxylic acids is 3. The molecule has 32 heavy (non-hydrogen) atoms. The Hall–Kier alpha value is -3.11. The quantitative estimate of drug-likeness (QED) is 0.470. The zero-order valence-electron chi connectivity index (χ0n) is 17.0. The number of amides is 3. The molecule has 0 spiro atoms. The number of imide groups is 1. The van der Waals surface area contributed by atoms with Gasteiger partial charge < -0.3 is 9.08 Å². The molecule has 2 saturated heterocycles. The van der Waals surface area contributed by atoms with E-state index in [1.54, 1.807) is 41.3 Å². The number of rotatable bonds is 6. The molecule has 0 unspecified atom stereocenters. The molecule has 2 aromatic carbocycles. The lowest BCUT2D eigenvalue weighted by atomic mass is 10.2. The van der Waals surface area contributed by atoms with Gasteiger partial charge in [0.1, 0.15) is 17.2 Å². The maximum atomic E-state index is 12.8. The monoisotopic (exact) mass is 472 g/mol. The van der Waals surface area contributed by atoms with Crippen molar-refractivity contribution >= 4 is 45.0 Å². The minimum Gasteiger partial charge on any atom is -0.378 e. The number of likely N-dealkylation sites (tertiary alicyclic amines) is 1. The van der Waals surface area contributed by atoms with Crippen LogP contribution in [-0.2, 0) is 19.7 Å². The SMILES string of the molecule is O=C(CN1C(=O)S/C(=C\c2ccccc2OS(=O)(=O)c2ccccc2)C1=O)N1CCCC1. The highest BCUT2D eigenvalue weighted by Crippen LogP contribution is 2.34. The topological polar surface area (TPSA) is 101 Å². The van der Waals surface area contributed by atoms with Crippen molar-refractivity contribution < 1.29 is 27.0 Å². The Morgan fingerprint density at radius 1 is 1.00 bits per heavy atom. The third kappa shape index (κ3) is 4.71. The average molecular weight is 473 g/mol. The van der Waals surface area contributed by atoms with Gasteiger partial charge in [-0.1, -0.05) is 36.4 Å². The highest BCUT2D eigenvalue weighted by Gasteiger charge is 2.37. The summed E-state index contributed by atoms with van der Waals surface area (Å²) in [5.74, 6) is -0.826. The lowest BCUT2D eigenvalue weighted by Gasteiger charge is -2.18. The van der Waals surface area contributed by atoms with Crippen molar-refractivity contribution in [2.24, 2.45) is 0 Å². The van der Waals surface area contributed by atoms with Crippen LogP contribution in [0.3, 0.4) is 0 Å². The number of benzene rings is 2. The number of nitrogens with zero attached hydrogens (tertiary/aromatic N) is 2. The summed E-state index contributed by atoms with van der Waals surface area (Å²) in [5, 5.41) is -0.538. The first kappa shape index (κ1) is 22.1. The van der Waals surface area contributed by atoms with Crippen molar-refractivity contribution in [3.63, 3.8) is 0 Å². The number of carbonyl (C=O) groups is 3. The Morgan fingerprint density at radius 2 is 1.66 bits per heavy atom. The van der Waals surface area contributed by atoms with Crippen LogP contribution in [-0.4, -0.2) is 54.9 Å². The molecule has 8 nitrogen and oxygen atoms in total. The first-order valence-electron chi connectivity index (χ1n) is 9.97. The van der Waals surface area contributed by atoms with E-state index in [0.717, 1.165) is 17.7 Å². The van der Waals surface area contributed by atoms with Crippen LogP contribution in [0.1, 0.15) is 18.4 Å². The fourth-order valence-electron chi connectivity index (χ4n) is 3.41. The maximum Gasteiger partial charge on any atom is 0.339 e. The van der Waals surface area contributed by atoms with Gasteiger partial charge in [-0.25, -0.2) is 0 Å². The number of hydrogen-bond donors (Lipinski definition) is 0. The summed E-state index contributed by atoms with van der Waals surface area (Å²) in [6, 6.07) is 14.0. The van der Waals surface area contributed by atoms with E-state index < -0.39 is 21.3 Å². The second-order valence-electron chi connectivity index (χ2n) is 7.24. The van der Waals surface area contributed by atoms with E-state index in [9.17, 15) is 22.8 Å². The molecule has 0 aromatic heterocycles. The van der Waals surface area contributed by atoms with Crippen molar-refractivity contribution in [2.75, 3.05) is 19.6 Å². The minimum atomic E-state index is -4.08. The molecular formula is C22H20N2O6S2. The molecule has 0 radical (unpaired) electrons. The Balaban J connectivity index is 1.55. The number of thioether (sulfide) groups is 1. The highest BCUT2D eigenvalue weighted by molar-refractivity contribution is 8.18. The van der Waals surface area contributed by atoms with E-state index in [0.29, 0.717) is 30.4 Å². The molecule has 0 atom stereocenters. The summed E-state index contributed by atoms with van der Waals surface area (Å²) in [6.07, 6.45) is 3.23. The predicted molar refractivity (Wildman–Crippen MR) is 119 cm³/mol. The molecule has 2 aliphatic rings. The molecule has 2 fully saturated rings. The van der Waals surface area contributed by atoms with Gasteiger partial charge in [0.05, 0.1) is 4.91 Å². The van der Waals surface area contributed by atoms with Crippen LogP contribution in [0, 0.1) is 0 Å². The van der Waals surface area contributed by atoms with Crippen LogP contribution in [0.25, 0.3) is 6.08 Å². The third-order valence-electron chi connectivity index (χ3n) is 5.06. The molecule has 166 valence electrons. The van der Waals surface area contributed by atoms with Gasteiger partial charge in [-0.05, 0) is 48.9 Å². The van der Waals surface area contributed by atoms with Crippen LogP contribution in [0.4, 0.5) is 4.79 Å². The first-order chi connectivity index (χ1) is 15.3. The number of para-hydroxylation sites is 1. The minimum absolute atomic E-state index is 0.00412. The highest BCUT2D eigenvalue weighted by atomic mass is 32.2. The van der Waals surface area contributed by atoms with Crippen LogP contribution in [0.5, 0.6) is 5.75 Å².